The molecular weight excluding hydrogens is 286 g/mol. The average molecular weight is 305 g/mol. The normalized spacial score (nSPS) is 11.6. The van der Waals surface area contributed by atoms with Gasteiger partial charge >= 0.3 is 0 Å². The Morgan fingerprint density at radius 3 is 2.38 bits per heavy atom. The molecule has 3 heteroatoms. The van der Waals surface area contributed by atoms with Crippen LogP contribution in [0, 0.1) is 5.41 Å². The smallest absolute Gasteiger partial charge is 0.0642 e. The first-order valence-corrected chi connectivity index (χ1v) is 6.89. The number of hydrogen-bond donors (Lipinski definition) is 0. The van der Waals surface area contributed by atoms with Crippen LogP contribution in [0.4, 0.5) is 5.69 Å². The number of hydrogen-bond acceptors (Lipinski definition) is 1. The molecule has 0 aliphatic carbocycles. The summed E-state index contributed by atoms with van der Waals surface area (Å²) in [6.07, 6.45) is 0. The van der Waals surface area contributed by atoms with Crippen molar-refractivity contribution < 1.29 is 0 Å². The minimum Gasteiger partial charge on any atom is -0.373 e. The number of halogens is 2. The molecule has 0 N–H and O–H groups in total. The maximum absolute atomic E-state index is 6.27. The van der Waals surface area contributed by atoms with Crippen LogP contribution in [-0.2, 0) is 5.33 Å². The molecule has 0 saturated carbocycles. The van der Waals surface area contributed by atoms with E-state index in [2.05, 4.69) is 60.8 Å². The molecule has 1 aromatic rings. The topological polar surface area (TPSA) is 3.24 Å². The van der Waals surface area contributed by atoms with Crippen molar-refractivity contribution in [2.24, 2.45) is 5.41 Å². The van der Waals surface area contributed by atoms with Crippen molar-refractivity contribution in [1.82, 2.24) is 0 Å². The first-order valence-electron chi connectivity index (χ1n) is 5.39. The van der Waals surface area contributed by atoms with Gasteiger partial charge in [-0.1, -0.05) is 54.4 Å². The van der Waals surface area contributed by atoms with Crippen molar-refractivity contribution in [2.45, 2.75) is 26.1 Å². The van der Waals surface area contributed by atoms with Crippen LogP contribution in [0.1, 0.15) is 26.3 Å². The van der Waals surface area contributed by atoms with E-state index in [9.17, 15) is 0 Å². The highest BCUT2D eigenvalue weighted by molar-refractivity contribution is 9.08. The van der Waals surface area contributed by atoms with Crippen LogP contribution in [-0.4, -0.2) is 13.6 Å². The molecule has 0 heterocycles. The summed E-state index contributed by atoms with van der Waals surface area (Å²) >= 11 is 9.70. The second-order valence-electron chi connectivity index (χ2n) is 5.34. The zero-order valence-corrected chi connectivity index (χ0v) is 12.7. The van der Waals surface area contributed by atoms with E-state index in [1.54, 1.807) is 0 Å². The molecule has 0 bridgehead atoms. The van der Waals surface area contributed by atoms with Crippen molar-refractivity contribution >= 4 is 33.2 Å². The second-order valence-corrected chi connectivity index (χ2v) is 6.30. The Bertz CT molecular complexity index is 357. The predicted molar refractivity (Wildman–Crippen MR) is 76.8 cm³/mol. The van der Waals surface area contributed by atoms with Crippen LogP contribution in [0.5, 0.6) is 0 Å². The minimum absolute atomic E-state index is 0.270. The molecule has 0 saturated heterocycles. The Balaban J connectivity index is 2.88. The monoisotopic (exact) mass is 303 g/mol. The zero-order chi connectivity index (χ0) is 12.3. The summed E-state index contributed by atoms with van der Waals surface area (Å²) in [5, 5.41) is 1.67. The van der Waals surface area contributed by atoms with Gasteiger partial charge in [0.15, 0.2) is 0 Å². The highest BCUT2D eigenvalue weighted by Crippen LogP contribution is 2.29. The quantitative estimate of drug-likeness (QED) is 0.731. The van der Waals surface area contributed by atoms with Crippen molar-refractivity contribution in [3.8, 4) is 0 Å². The Morgan fingerprint density at radius 1 is 1.31 bits per heavy atom. The van der Waals surface area contributed by atoms with Gasteiger partial charge in [0.25, 0.3) is 0 Å². The number of rotatable bonds is 3. The van der Waals surface area contributed by atoms with E-state index in [4.69, 9.17) is 11.6 Å². The van der Waals surface area contributed by atoms with E-state index in [1.807, 2.05) is 6.07 Å². The fourth-order valence-electron chi connectivity index (χ4n) is 1.74. The van der Waals surface area contributed by atoms with Gasteiger partial charge in [0.2, 0.25) is 0 Å². The average Bonchev–Trinajstić information content (AvgIpc) is 2.14. The summed E-state index contributed by atoms with van der Waals surface area (Å²) in [6.45, 7) is 7.67. The molecule has 0 atom stereocenters. The molecule has 1 aromatic carbocycles. The molecule has 0 aliphatic rings. The Morgan fingerprint density at radius 2 is 1.94 bits per heavy atom. The number of anilines is 1. The van der Waals surface area contributed by atoms with E-state index in [-0.39, 0.29) is 5.41 Å². The molecule has 0 aromatic heterocycles. The Kier molecular flexibility index (Phi) is 4.69. The molecule has 0 aliphatic heterocycles. The zero-order valence-electron chi connectivity index (χ0n) is 10.3. The van der Waals surface area contributed by atoms with E-state index >= 15 is 0 Å². The molecule has 90 valence electrons. The molecule has 0 spiro atoms. The Labute approximate surface area is 112 Å². The number of benzene rings is 1. The summed E-state index contributed by atoms with van der Waals surface area (Å²) in [5.74, 6) is 0. The highest BCUT2D eigenvalue weighted by Gasteiger charge is 2.15. The maximum Gasteiger partial charge on any atom is 0.0642 e. The minimum atomic E-state index is 0.270. The Hall–Kier alpha value is -0.210. The van der Waals surface area contributed by atoms with Gasteiger partial charge in [0.1, 0.15) is 0 Å². The van der Waals surface area contributed by atoms with Gasteiger partial charge < -0.3 is 4.90 Å². The summed E-state index contributed by atoms with van der Waals surface area (Å²) < 4.78 is 0. The summed E-state index contributed by atoms with van der Waals surface area (Å²) in [7, 11) is 2.08. The van der Waals surface area contributed by atoms with Crippen LogP contribution in [0.25, 0.3) is 0 Å². The van der Waals surface area contributed by atoms with Crippen LogP contribution < -0.4 is 4.90 Å². The fourth-order valence-corrected chi connectivity index (χ4v) is 2.44. The van der Waals surface area contributed by atoms with Gasteiger partial charge in [-0.3, -0.25) is 0 Å². The molecule has 0 radical (unpaired) electrons. The second kappa shape index (κ2) is 5.42. The van der Waals surface area contributed by atoms with Crippen molar-refractivity contribution in [3.05, 3.63) is 28.8 Å². The van der Waals surface area contributed by atoms with Gasteiger partial charge in [-0.15, -0.1) is 0 Å². The molecule has 0 unspecified atom stereocenters. The number of nitrogens with zero attached hydrogens (tertiary/aromatic N) is 1. The predicted octanol–water partition coefficient (Wildman–Crippen LogP) is 4.72. The molecule has 0 fully saturated rings. The maximum atomic E-state index is 6.27. The van der Waals surface area contributed by atoms with Crippen LogP contribution in [0.2, 0.25) is 5.02 Å². The SMILES string of the molecule is CN(CC(C)(C)C)c1ccc(CBr)cc1Cl. The lowest BCUT2D eigenvalue weighted by atomic mass is 9.96. The van der Waals surface area contributed by atoms with Crippen LogP contribution in [0.3, 0.4) is 0 Å². The van der Waals surface area contributed by atoms with Gasteiger partial charge in [0, 0.05) is 18.9 Å². The molecule has 1 nitrogen and oxygen atoms in total. The third-order valence-electron chi connectivity index (χ3n) is 2.29. The lowest BCUT2D eigenvalue weighted by Gasteiger charge is -2.29. The molecular formula is C13H19BrClN. The summed E-state index contributed by atoms with van der Waals surface area (Å²) in [5.41, 5.74) is 2.57. The van der Waals surface area contributed by atoms with Gasteiger partial charge in [-0.05, 0) is 23.1 Å². The van der Waals surface area contributed by atoms with Crippen molar-refractivity contribution in [2.75, 3.05) is 18.5 Å². The summed E-state index contributed by atoms with van der Waals surface area (Å²) in [4.78, 5) is 2.21. The van der Waals surface area contributed by atoms with E-state index in [1.165, 1.54) is 5.56 Å². The lowest BCUT2D eigenvalue weighted by Crippen LogP contribution is -2.29. The first kappa shape index (κ1) is 13.9. The number of alkyl halides is 1. The summed E-state index contributed by atoms with van der Waals surface area (Å²) in [6, 6.07) is 6.21. The van der Waals surface area contributed by atoms with E-state index in [0.717, 1.165) is 22.6 Å². The molecule has 16 heavy (non-hydrogen) atoms. The van der Waals surface area contributed by atoms with E-state index < -0.39 is 0 Å². The fraction of sp³-hybridized carbons (Fsp3) is 0.538. The largest absolute Gasteiger partial charge is 0.373 e. The third kappa shape index (κ3) is 3.99. The standard InChI is InChI=1S/C13H19BrClN/c1-13(2,3)9-16(4)12-6-5-10(8-14)7-11(12)15/h5-7H,8-9H2,1-4H3. The lowest BCUT2D eigenvalue weighted by molar-refractivity contribution is 0.419. The van der Waals surface area contributed by atoms with Gasteiger partial charge in [-0.25, -0.2) is 0 Å². The molecule has 1 rings (SSSR count). The van der Waals surface area contributed by atoms with Crippen molar-refractivity contribution in [1.29, 1.82) is 0 Å². The van der Waals surface area contributed by atoms with Crippen LogP contribution >= 0.6 is 27.5 Å². The molecule has 0 amide bonds. The highest BCUT2D eigenvalue weighted by atomic mass is 79.9. The van der Waals surface area contributed by atoms with E-state index in [0.29, 0.717) is 0 Å². The first-order chi connectivity index (χ1) is 7.33. The van der Waals surface area contributed by atoms with Gasteiger partial charge in [-0.2, -0.15) is 0 Å². The van der Waals surface area contributed by atoms with Crippen molar-refractivity contribution in [3.63, 3.8) is 0 Å². The third-order valence-corrected chi connectivity index (χ3v) is 3.24. The van der Waals surface area contributed by atoms with Gasteiger partial charge in [0.05, 0.1) is 10.7 Å². The van der Waals surface area contributed by atoms with Crippen LogP contribution in [0.15, 0.2) is 18.2 Å².